The van der Waals surface area contributed by atoms with Gasteiger partial charge in [-0.25, -0.2) is 4.79 Å². The molecule has 37 heavy (non-hydrogen) atoms. The molecule has 3 aromatic carbocycles. The average molecular weight is 528 g/mol. The number of rotatable bonds is 7. The fourth-order valence-electron chi connectivity index (χ4n) is 4.94. The molecule has 0 aromatic heterocycles. The molecule has 9 heteroatoms. The molecular weight excluding hydrogens is 503 g/mol. The van der Waals surface area contributed by atoms with Crippen molar-refractivity contribution in [3.63, 3.8) is 0 Å². The van der Waals surface area contributed by atoms with Crippen LogP contribution in [-0.4, -0.2) is 23.6 Å². The normalized spacial score (nSPS) is 14.9. The summed E-state index contributed by atoms with van der Waals surface area (Å²) in [4.78, 5) is 26.7. The number of hydrogen-bond acceptors (Lipinski definition) is 4. The molecule has 0 atom stereocenters. The van der Waals surface area contributed by atoms with E-state index in [0.29, 0.717) is 29.3 Å². The van der Waals surface area contributed by atoms with Crippen LogP contribution in [0.5, 0.6) is 5.75 Å². The molecule has 0 bridgehead atoms. The van der Waals surface area contributed by atoms with E-state index < -0.39 is 17.7 Å². The van der Waals surface area contributed by atoms with E-state index in [9.17, 15) is 22.8 Å². The molecule has 0 fully saturated rings. The summed E-state index contributed by atoms with van der Waals surface area (Å²) < 4.78 is 44.4. The molecule has 0 unspecified atom stereocenters. The molecule has 3 aromatic rings. The smallest absolute Gasteiger partial charge is 0.416 e. The first-order chi connectivity index (χ1) is 17.7. The molecule has 1 N–H and O–H groups in total. The largest absolute Gasteiger partial charge is 0.482 e. The van der Waals surface area contributed by atoms with Crippen molar-refractivity contribution in [3.05, 3.63) is 88.0 Å². The molecule has 0 radical (unpaired) electrons. The van der Waals surface area contributed by atoms with Crippen LogP contribution in [0, 0.1) is 0 Å². The number of fused-ring (bicyclic) bond motifs is 2. The van der Waals surface area contributed by atoms with Gasteiger partial charge in [0.15, 0.2) is 6.61 Å². The van der Waals surface area contributed by atoms with E-state index in [1.54, 1.807) is 17.8 Å². The lowest BCUT2D eigenvalue weighted by Gasteiger charge is -2.22. The fraction of sp³-hybridized carbons (Fsp3) is 0.286. The molecule has 1 aliphatic carbocycles. The Morgan fingerprint density at radius 1 is 0.973 bits per heavy atom. The van der Waals surface area contributed by atoms with Crippen molar-refractivity contribution < 1.29 is 32.6 Å². The third-order valence-corrected chi connectivity index (χ3v) is 7.90. The lowest BCUT2D eigenvalue weighted by molar-refractivity contribution is -0.139. The number of alkyl halides is 3. The molecular formula is C28H24F3NO4S. The predicted molar refractivity (Wildman–Crippen MR) is 134 cm³/mol. The summed E-state index contributed by atoms with van der Waals surface area (Å²) in [6.45, 7) is -0.0745. The number of aliphatic carboxylic acids is 1. The number of ether oxygens (including phenoxy) is 1. The highest BCUT2D eigenvalue weighted by molar-refractivity contribution is 7.98. The zero-order valence-electron chi connectivity index (χ0n) is 19.8. The van der Waals surface area contributed by atoms with Crippen LogP contribution in [-0.2, 0) is 36.1 Å². The highest BCUT2D eigenvalue weighted by Crippen LogP contribution is 2.40. The molecule has 5 rings (SSSR count). The molecule has 192 valence electrons. The van der Waals surface area contributed by atoms with Crippen molar-refractivity contribution in [1.82, 2.24) is 0 Å². The van der Waals surface area contributed by atoms with Gasteiger partial charge in [0.25, 0.3) is 5.91 Å². The standard InChI is InChI=1S/C28H24F3NO4S/c29-28(30,31)18-8-10-19(11-9-18)32-14-23-17(4-3-7-22(23)27(32)35)16-37-25-13-12-24(36-15-26(33)34)20-5-1-2-6-21(20)25/h3-4,7-13H,1-2,5-6,14-16H2,(H,33,34). The second-order valence-corrected chi connectivity index (χ2v) is 10.1. The van der Waals surface area contributed by atoms with Crippen LogP contribution in [0.1, 0.15) is 51.0 Å². The lowest BCUT2D eigenvalue weighted by Crippen LogP contribution is -2.23. The summed E-state index contributed by atoms with van der Waals surface area (Å²) in [5, 5.41) is 8.97. The minimum Gasteiger partial charge on any atom is -0.482 e. The molecule has 5 nitrogen and oxygen atoms in total. The van der Waals surface area contributed by atoms with Crippen molar-refractivity contribution in [1.29, 1.82) is 0 Å². The highest BCUT2D eigenvalue weighted by atomic mass is 32.2. The number of carboxylic acid groups (broad SMARTS) is 1. The van der Waals surface area contributed by atoms with Gasteiger partial charge in [0.2, 0.25) is 0 Å². The quantitative estimate of drug-likeness (QED) is 0.355. The third kappa shape index (κ3) is 5.18. The van der Waals surface area contributed by atoms with Crippen LogP contribution in [0.4, 0.5) is 18.9 Å². The number of thioether (sulfide) groups is 1. The van der Waals surface area contributed by atoms with Gasteiger partial charge in [0.05, 0.1) is 12.1 Å². The van der Waals surface area contributed by atoms with Crippen molar-refractivity contribution >= 4 is 29.3 Å². The van der Waals surface area contributed by atoms with Gasteiger partial charge >= 0.3 is 12.1 Å². The maximum atomic E-state index is 13.1. The van der Waals surface area contributed by atoms with Crippen LogP contribution in [0.3, 0.4) is 0 Å². The highest BCUT2D eigenvalue weighted by Gasteiger charge is 2.33. The van der Waals surface area contributed by atoms with E-state index in [1.165, 1.54) is 22.6 Å². The summed E-state index contributed by atoms with van der Waals surface area (Å²) in [7, 11) is 0. The minimum absolute atomic E-state index is 0.223. The van der Waals surface area contributed by atoms with E-state index in [2.05, 4.69) is 0 Å². The SMILES string of the molecule is O=C(O)COc1ccc(SCc2cccc3c2CN(c2ccc(C(F)(F)F)cc2)C3=O)c2c1CCCC2. The number of carbonyl (C=O) groups excluding carboxylic acids is 1. The Morgan fingerprint density at radius 3 is 2.41 bits per heavy atom. The number of anilines is 1. The predicted octanol–water partition coefficient (Wildman–Crippen LogP) is 6.50. The monoisotopic (exact) mass is 527 g/mol. The first-order valence-electron chi connectivity index (χ1n) is 11.9. The third-order valence-electron chi connectivity index (χ3n) is 6.75. The van der Waals surface area contributed by atoms with Crippen molar-refractivity contribution in [2.24, 2.45) is 0 Å². The number of halogens is 3. The zero-order valence-corrected chi connectivity index (χ0v) is 20.6. The molecule has 1 amide bonds. The summed E-state index contributed by atoms with van der Waals surface area (Å²) in [5.74, 6) is 0.0126. The first-order valence-corrected chi connectivity index (χ1v) is 12.9. The first kappa shape index (κ1) is 25.2. The molecule has 0 saturated carbocycles. The van der Waals surface area contributed by atoms with E-state index in [-0.39, 0.29) is 12.5 Å². The van der Waals surface area contributed by atoms with E-state index in [0.717, 1.165) is 59.4 Å². The average Bonchev–Trinajstić information content (AvgIpc) is 3.23. The minimum atomic E-state index is -4.43. The van der Waals surface area contributed by atoms with Crippen molar-refractivity contribution in [2.45, 2.75) is 49.1 Å². The summed E-state index contributed by atoms with van der Waals surface area (Å²) in [6, 6.07) is 14.0. The summed E-state index contributed by atoms with van der Waals surface area (Å²) >= 11 is 1.66. The molecule has 2 aliphatic rings. The van der Waals surface area contributed by atoms with Crippen LogP contribution >= 0.6 is 11.8 Å². The Balaban J connectivity index is 1.35. The number of benzene rings is 3. The summed E-state index contributed by atoms with van der Waals surface area (Å²) in [6.07, 6.45) is -0.607. The van der Waals surface area contributed by atoms with Crippen molar-refractivity contribution in [2.75, 3.05) is 11.5 Å². The number of amides is 1. The van der Waals surface area contributed by atoms with E-state index >= 15 is 0 Å². The number of hydrogen-bond donors (Lipinski definition) is 1. The van der Waals surface area contributed by atoms with Crippen molar-refractivity contribution in [3.8, 4) is 5.75 Å². The van der Waals surface area contributed by atoms with Gasteiger partial charge in [0.1, 0.15) is 5.75 Å². The van der Waals surface area contributed by atoms with Gasteiger partial charge in [-0.15, -0.1) is 11.8 Å². The van der Waals surface area contributed by atoms with Gasteiger partial charge < -0.3 is 14.7 Å². The Morgan fingerprint density at radius 2 is 1.70 bits per heavy atom. The molecule has 0 saturated heterocycles. The van der Waals surface area contributed by atoms with Crippen LogP contribution in [0.25, 0.3) is 0 Å². The number of carbonyl (C=O) groups is 2. The second-order valence-electron chi connectivity index (χ2n) is 9.08. The summed E-state index contributed by atoms with van der Waals surface area (Å²) in [5.41, 5.74) is 4.39. The Hall–Kier alpha value is -3.46. The maximum Gasteiger partial charge on any atom is 0.416 e. The second kappa shape index (κ2) is 10.1. The Labute approximate surface area is 216 Å². The fourth-order valence-corrected chi connectivity index (χ4v) is 6.08. The number of nitrogens with zero attached hydrogens (tertiary/aromatic N) is 1. The Bertz CT molecular complexity index is 1350. The zero-order chi connectivity index (χ0) is 26.2. The molecule has 0 spiro atoms. The Kier molecular flexibility index (Phi) is 6.90. The van der Waals surface area contributed by atoms with Gasteiger partial charge in [0, 0.05) is 21.9 Å². The van der Waals surface area contributed by atoms with E-state index in [4.69, 9.17) is 9.84 Å². The molecule has 1 heterocycles. The van der Waals surface area contributed by atoms with Gasteiger partial charge in [-0.2, -0.15) is 13.2 Å². The van der Waals surface area contributed by atoms with Gasteiger partial charge in [-0.3, -0.25) is 4.79 Å². The van der Waals surface area contributed by atoms with Crippen LogP contribution in [0.2, 0.25) is 0 Å². The molecule has 1 aliphatic heterocycles. The lowest BCUT2D eigenvalue weighted by atomic mass is 9.91. The van der Waals surface area contributed by atoms with Crippen LogP contribution < -0.4 is 9.64 Å². The number of carboxylic acids is 1. The van der Waals surface area contributed by atoms with Gasteiger partial charge in [-0.1, -0.05) is 12.1 Å². The van der Waals surface area contributed by atoms with Gasteiger partial charge in [-0.05, 0) is 90.4 Å². The topological polar surface area (TPSA) is 66.8 Å². The maximum absolute atomic E-state index is 13.1. The van der Waals surface area contributed by atoms with Crippen LogP contribution in [0.15, 0.2) is 59.5 Å². The van der Waals surface area contributed by atoms with E-state index in [1.807, 2.05) is 24.3 Å².